The number of furan rings is 2. The van der Waals surface area contributed by atoms with Gasteiger partial charge in [-0.25, -0.2) is 5.01 Å². The summed E-state index contributed by atoms with van der Waals surface area (Å²) in [7, 11) is 1.85. The van der Waals surface area contributed by atoms with Crippen molar-refractivity contribution in [3.8, 4) is 11.6 Å². The van der Waals surface area contributed by atoms with Gasteiger partial charge in [0, 0.05) is 13.5 Å². The third-order valence-electron chi connectivity index (χ3n) is 4.74. The molecule has 0 saturated heterocycles. The Balaban J connectivity index is 1.34. The molecule has 0 bridgehead atoms. The van der Waals surface area contributed by atoms with Crippen LogP contribution < -0.4 is 0 Å². The van der Waals surface area contributed by atoms with Gasteiger partial charge in [0.15, 0.2) is 16.7 Å². The fraction of sp³-hybridized carbons (Fsp3) is 0.200. The molecule has 4 aromatic heterocycles. The second-order valence-electron chi connectivity index (χ2n) is 6.63. The zero-order valence-corrected chi connectivity index (χ0v) is 17.6. The second-order valence-corrected chi connectivity index (χ2v) is 8.52. The van der Waals surface area contributed by atoms with Crippen molar-refractivity contribution in [2.24, 2.45) is 12.1 Å². The van der Waals surface area contributed by atoms with E-state index in [1.54, 1.807) is 29.9 Å². The van der Waals surface area contributed by atoms with E-state index in [1.807, 2.05) is 47.3 Å². The summed E-state index contributed by atoms with van der Waals surface area (Å²) in [6.07, 6.45) is 3.83. The first-order valence-electron chi connectivity index (χ1n) is 9.23. The first kappa shape index (κ1) is 18.9. The maximum atomic E-state index is 13.1. The number of thiophene rings is 1. The van der Waals surface area contributed by atoms with Crippen LogP contribution in [0.15, 0.2) is 73.4 Å². The first-order valence-corrected chi connectivity index (χ1v) is 11.1. The van der Waals surface area contributed by atoms with Crippen LogP contribution in [0.25, 0.3) is 11.6 Å². The highest BCUT2D eigenvalue weighted by atomic mass is 32.2. The molecule has 0 fully saturated rings. The zero-order valence-electron chi connectivity index (χ0n) is 16.0. The number of hydrogen-bond acceptors (Lipinski definition) is 8. The highest BCUT2D eigenvalue weighted by Gasteiger charge is 2.35. The average Bonchev–Trinajstić information content (AvgIpc) is 3.56. The van der Waals surface area contributed by atoms with E-state index in [0.717, 1.165) is 16.3 Å². The van der Waals surface area contributed by atoms with Crippen LogP contribution in [0, 0.1) is 0 Å². The Kier molecular flexibility index (Phi) is 5.01. The molecule has 0 spiro atoms. The van der Waals surface area contributed by atoms with Gasteiger partial charge in [-0.1, -0.05) is 17.8 Å². The van der Waals surface area contributed by atoms with Gasteiger partial charge in [-0.05, 0) is 35.7 Å². The van der Waals surface area contributed by atoms with Crippen LogP contribution in [0.1, 0.15) is 23.1 Å². The van der Waals surface area contributed by atoms with Gasteiger partial charge in [0.25, 0.3) is 5.91 Å². The summed E-state index contributed by atoms with van der Waals surface area (Å²) in [5.74, 6) is 2.04. The van der Waals surface area contributed by atoms with E-state index in [1.165, 1.54) is 16.8 Å². The Labute approximate surface area is 180 Å². The average molecular weight is 440 g/mol. The minimum Gasteiger partial charge on any atom is -0.467 e. The smallest absolute Gasteiger partial charge is 0.253 e. The largest absolute Gasteiger partial charge is 0.467 e. The molecule has 4 aromatic rings. The maximum Gasteiger partial charge on any atom is 0.253 e. The number of hydrogen-bond donors (Lipinski definition) is 0. The highest BCUT2D eigenvalue weighted by molar-refractivity contribution is 7.99. The van der Waals surface area contributed by atoms with Gasteiger partial charge in [0.2, 0.25) is 0 Å². The lowest BCUT2D eigenvalue weighted by Crippen LogP contribution is -2.28. The van der Waals surface area contributed by atoms with Gasteiger partial charge in [-0.2, -0.15) is 5.10 Å². The van der Waals surface area contributed by atoms with Crippen molar-refractivity contribution in [3.63, 3.8) is 0 Å². The third-order valence-corrected chi connectivity index (χ3v) is 6.67. The maximum absolute atomic E-state index is 13.1. The van der Waals surface area contributed by atoms with Crippen LogP contribution in [0.4, 0.5) is 0 Å². The molecule has 1 atom stereocenters. The number of nitrogens with zero attached hydrogens (tertiary/aromatic N) is 5. The molecule has 1 aliphatic rings. The predicted octanol–water partition coefficient (Wildman–Crippen LogP) is 4.20. The minimum absolute atomic E-state index is 0.115. The molecule has 5 rings (SSSR count). The van der Waals surface area contributed by atoms with Crippen LogP contribution in [-0.2, 0) is 11.8 Å². The molecule has 1 aliphatic heterocycles. The standard InChI is InChI=1S/C20H17N5O3S2/c1-24-19(16-6-3-9-28-16)21-22-20(24)30-12-18(26)25-14(15-5-2-8-27-15)11-13(23-25)17-7-4-10-29-17/h2-10,14H,11-12H2,1H3/t14-/m1/s1. The number of carbonyl (C=O) groups excluding carboxylic acids is 1. The first-order chi connectivity index (χ1) is 14.7. The van der Waals surface area contributed by atoms with Gasteiger partial charge in [-0.15, -0.1) is 21.5 Å². The predicted molar refractivity (Wildman–Crippen MR) is 113 cm³/mol. The zero-order chi connectivity index (χ0) is 20.5. The van der Waals surface area contributed by atoms with E-state index >= 15 is 0 Å². The second kappa shape index (κ2) is 7.96. The van der Waals surface area contributed by atoms with Crippen molar-refractivity contribution < 1.29 is 13.6 Å². The van der Waals surface area contributed by atoms with Crippen molar-refractivity contribution >= 4 is 34.7 Å². The van der Waals surface area contributed by atoms with Crippen LogP contribution in [0.3, 0.4) is 0 Å². The Morgan fingerprint density at radius 1 is 1.20 bits per heavy atom. The van der Waals surface area contributed by atoms with E-state index < -0.39 is 0 Å². The summed E-state index contributed by atoms with van der Waals surface area (Å²) in [4.78, 5) is 14.1. The summed E-state index contributed by atoms with van der Waals surface area (Å²) in [5.41, 5.74) is 0.892. The van der Waals surface area contributed by atoms with Gasteiger partial charge in [0.1, 0.15) is 11.8 Å². The van der Waals surface area contributed by atoms with Gasteiger partial charge < -0.3 is 13.4 Å². The number of amides is 1. The molecule has 152 valence electrons. The molecular weight excluding hydrogens is 422 g/mol. The summed E-state index contributed by atoms with van der Waals surface area (Å²) in [5, 5.41) is 17.2. The van der Waals surface area contributed by atoms with Crippen LogP contribution in [-0.4, -0.2) is 37.1 Å². The number of aromatic nitrogens is 3. The molecular formula is C20H17N5O3S2. The van der Waals surface area contributed by atoms with Crippen molar-refractivity contribution in [2.45, 2.75) is 17.6 Å². The van der Waals surface area contributed by atoms with E-state index in [9.17, 15) is 4.79 Å². The Morgan fingerprint density at radius 2 is 2.07 bits per heavy atom. The van der Waals surface area contributed by atoms with Crippen molar-refractivity contribution in [1.29, 1.82) is 0 Å². The molecule has 1 amide bonds. The number of thioether (sulfide) groups is 1. The molecule has 10 heteroatoms. The SMILES string of the molecule is Cn1c(SCC(=O)N2N=C(c3cccs3)C[C@@H]2c2ccco2)nnc1-c1ccco1. The van der Waals surface area contributed by atoms with Crippen molar-refractivity contribution in [3.05, 3.63) is 64.9 Å². The highest BCUT2D eigenvalue weighted by Crippen LogP contribution is 2.35. The minimum atomic E-state index is -0.247. The summed E-state index contributed by atoms with van der Waals surface area (Å²) < 4.78 is 12.8. The molecule has 30 heavy (non-hydrogen) atoms. The molecule has 0 saturated carbocycles. The number of hydrazone groups is 1. The van der Waals surface area contributed by atoms with E-state index in [-0.39, 0.29) is 17.7 Å². The van der Waals surface area contributed by atoms with E-state index in [0.29, 0.717) is 23.2 Å². The summed E-state index contributed by atoms with van der Waals surface area (Å²) in [6, 6.07) is 11.1. The molecule has 0 radical (unpaired) electrons. The van der Waals surface area contributed by atoms with Crippen molar-refractivity contribution in [1.82, 2.24) is 19.8 Å². The van der Waals surface area contributed by atoms with Gasteiger partial charge in [0.05, 0.1) is 28.9 Å². The summed E-state index contributed by atoms with van der Waals surface area (Å²) in [6.45, 7) is 0. The fourth-order valence-electron chi connectivity index (χ4n) is 3.29. The van der Waals surface area contributed by atoms with Gasteiger partial charge >= 0.3 is 0 Å². The Bertz CT molecular complexity index is 1160. The number of rotatable bonds is 6. The molecule has 0 N–H and O–H groups in total. The van der Waals surface area contributed by atoms with E-state index in [2.05, 4.69) is 15.3 Å². The number of carbonyl (C=O) groups is 1. The van der Waals surface area contributed by atoms with Gasteiger partial charge in [-0.3, -0.25) is 4.79 Å². The van der Waals surface area contributed by atoms with E-state index in [4.69, 9.17) is 8.83 Å². The lowest BCUT2D eigenvalue weighted by atomic mass is 10.1. The van der Waals surface area contributed by atoms with Crippen molar-refractivity contribution in [2.75, 3.05) is 5.75 Å². The molecule has 0 aromatic carbocycles. The normalized spacial score (nSPS) is 16.2. The lowest BCUT2D eigenvalue weighted by molar-refractivity contribution is -0.130. The van der Waals surface area contributed by atoms with Crippen LogP contribution >= 0.6 is 23.1 Å². The quantitative estimate of drug-likeness (QED) is 0.418. The van der Waals surface area contributed by atoms with Crippen LogP contribution in [0.2, 0.25) is 0 Å². The fourth-order valence-corrected chi connectivity index (χ4v) is 4.77. The van der Waals surface area contributed by atoms with Crippen LogP contribution in [0.5, 0.6) is 0 Å². The summed E-state index contributed by atoms with van der Waals surface area (Å²) >= 11 is 2.93. The topological polar surface area (TPSA) is 89.7 Å². The Hall–Kier alpha value is -3.11. The monoisotopic (exact) mass is 439 g/mol. The lowest BCUT2D eigenvalue weighted by Gasteiger charge is -2.19. The Morgan fingerprint density at radius 3 is 2.80 bits per heavy atom. The molecule has 8 nitrogen and oxygen atoms in total. The molecule has 5 heterocycles. The molecule has 0 unspecified atom stereocenters. The molecule has 0 aliphatic carbocycles. The third kappa shape index (κ3) is 3.48.